The lowest BCUT2D eigenvalue weighted by Crippen LogP contribution is -2.70. The Morgan fingerprint density at radius 3 is 2.14 bits per heavy atom. The molecule has 2 aromatic rings. The fourth-order valence-corrected chi connectivity index (χ4v) is 3.31. The Morgan fingerprint density at radius 1 is 0.964 bits per heavy atom. The number of aromatic amines is 2. The second-order valence-electron chi connectivity index (χ2n) is 6.01. The van der Waals surface area contributed by atoms with Crippen LogP contribution in [0.4, 0.5) is 10.5 Å². The van der Waals surface area contributed by atoms with E-state index in [2.05, 4.69) is 4.98 Å². The number of hydrogen-bond acceptors (Lipinski definition) is 8. The molecule has 2 aliphatic heterocycles. The molecular formula is C15H9N5O8. The van der Waals surface area contributed by atoms with E-state index in [9.17, 15) is 34.1 Å². The van der Waals surface area contributed by atoms with Gasteiger partial charge in [-0.05, 0) is 5.56 Å². The second-order valence-corrected chi connectivity index (χ2v) is 6.01. The van der Waals surface area contributed by atoms with Gasteiger partial charge in [0, 0.05) is 12.1 Å². The molecule has 1 unspecified atom stereocenters. The zero-order valence-corrected chi connectivity index (χ0v) is 13.6. The molecule has 142 valence electrons. The van der Waals surface area contributed by atoms with Crippen LogP contribution in [0.5, 0.6) is 5.88 Å². The number of nitrogens with one attached hydrogen (secondary N) is 4. The Kier molecular flexibility index (Phi) is 3.43. The summed E-state index contributed by atoms with van der Waals surface area (Å²) in [4.78, 5) is 75.1. The molecule has 0 radical (unpaired) electrons. The highest BCUT2D eigenvalue weighted by Crippen LogP contribution is 2.46. The maximum absolute atomic E-state index is 12.6. The van der Waals surface area contributed by atoms with Crippen LogP contribution in [0.15, 0.2) is 33.9 Å². The molecule has 1 fully saturated rings. The van der Waals surface area contributed by atoms with Gasteiger partial charge in [0.25, 0.3) is 28.7 Å². The van der Waals surface area contributed by atoms with Crippen molar-refractivity contribution in [3.05, 3.63) is 66.3 Å². The Balaban J connectivity index is 1.98. The number of benzene rings is 1. The number of barbiturate groups is 1. The zero-order valence-electron chi connectivity index (χ0n) is 13.6. The molecule has 4 N–H and O–H groups in total. The lowest BCUT2D eigenvalue weighted by Gasteiger charge is -2.33. The topological polar surface area (TPSA) is 193 Å². The summed E-state index contributed by atoms with van der Waals surface area (Å²) >= 11 is 0. The van der Waals surface area contributed by atoms with Crippen molar-refractivity contribution in [3.63, 3.8) is 0 Å². The van der Waals surface area contributed by atoms with Gasteiger partial charge >= 0.3 is 11.7 Å². The Morgan fingerprint density at radius 2 is 1.57 bits per heavy atom. The van der Waals surface area contributed by atoms with Crippen LogP contribution in [0, 0.1) is 10.1 Å². The van der Waals surface area contributed by atoms with Gasteiger partial charge in [-0.25, -0.2) is 9.59 Å². The van der Waals surface area contributed by atoms with Crippen LogP contribution in [0.25, 0.3) is 0 Å². The van der Waals surface area contributed by atoms with E-state index in [0.717, 1.165) is 12.1 Å². The number of nitrogens with zero attached hydrogens (tertiary/aromatic N) is 1. The predicted octanol–water partition coefficient (Wildman–Crippen LogP) is -1.40. The van der Waals surface area contributed by atoms with E-state index in [1.54, 1.807) is 0 Å². The highest BCUT2D eigenvalue weighted by atomic mass is 16.6. The lowest BCUT2D eigenvalue weighted by atomic mass is 9.77. The first kappa shape index (κ1) is 17.1. The third kappa shape index (κ3) is 2.22. The molecule has 1 atom stereocenters. The van der Waals surface area contributed by atoms with Crippen molar-refractivity contribution in [2.45, 2.75) is 11.5 Å². The van der Waals surface area contributed by atoms with Crippen LogP contribution < -0.4 is 26.6 Å². The van der Waals surface area contributed by atoms with Crippen LogP contribution in [0.2, 0.25) is 0 Å². The number of imide groups is 2. The highest BCUT2D eigenvalue weighted by molar-refractivity contribution is 6.23. The monoisotopic (exact) mass is 387 g/mol. The van der Waals surface area contributed by atoms with Gasteiger partial charge in [0.2, 0.25) is 5.88 Å². The van der Waals surface area contributed by atoms with Crippen LogP contribution in [-0.2, 0) is 9.59 Å². The van der Waals surface area contributed by atoms with E-state index in [-0.39, 0.29) is 16.8 Å². The van der Waals surface area contributed by atoms with Gasteiger partial charge in [-0.15, -0.1) is 0 Å². The van der Waals surface area contributed by atoms with Gasteiger partial charge in [0.15, 0.2) is 0 Å². The molecule has 28 heavy (non-hydrogen) atoms. The third-order valence-electron chi connectivity index (χ3n) is 4.47. The third-order valence-corrected chi connectivity index (χ3v) is 4.47. The summed E-state index contributed by atoms with van der Waals surface area (Å²) in [5.41, 5.74) is -4.63. The molecule has 1 aromatic heterocycles. The number of H-pyrrole nitrogens is 2. The molecule has 0 bridgehead atoms. The van der Waals surface area contributed by atoms with E-state index in [4.69, 9.17) is 4.74 Å². The van der Waals surface area contributed by atoms with E-state index >= 15 is 0 Å². The molecule has 0 saturated carbocycles. The molecule has 13 nitrogen and oxygen atoms in total. The maximum atomic E-state index is 12.6. The second kappa shape index (κ2) is 5.60. The quantitative estimate of drug-likeness (QED) is 0.274. The van der Waals surface area contributed by atoms with Crippen molar-refractivity contribution in [2.24, 2.45) is 0 Å². The normalized spacial score (nSPS) is 19.6. The van der Waals surface area contributed by atoms with Crippen molar-refractivity contribution in [1.82, 2.24) is 20.6 Å². The van der Waals surface area contributed by atoms with Gasteiger partial charge in [-0.2, -0.15) is 0 Å². The SMILES string of the molecule is O=C1NC(=O)C2(Oc3[nH]c(=O)[nH]c(=O)c3C2c2ccc([N+](=O)[O-])cc2)C(=O)N1. The minimum atomic E-state index is -2.41. The van der Waals surface area contributed by atoms with Crippen molar-refractivity contribution >= 4 is 23.5 Å². The first-order valence-electron chi connectivity index (χ1n) is 7.71. The molecule has 0 aliphatic carbocycles. The van der Waals surface area contributed by atoms with Crippen LogP contribution in [0.3, 0.4) is 0 Å². The highest BCUT2D eigenvalue weighted by Gasteiger charge is 2.64. The number of non-ortho nitro benzene ring substituents is 1. The Labute approximate surface area is 152 Å². The summed E-state index contributed by atoms with van der Waals surface area (Å²) in [6.45, 7) is 0. The lowest BCUT2D eigenvalue weighted by molar-refractivity contribution is -0.384. The smallest absolute Gasteiger partial charge is 0.328 e. The minimum Gasteiger partial charge on any atom is -0.451 e. The number of carbonyl (C=O) groups is 3. The van der Waals surface area contributed by atoms with Gasteiger partial charge in [0.1, 0.15) is 0 Å². The summed E-state index contributed by atoms with van der Waals surface area (Å²) in [6.07, 6.45) is 0. The summed E-state index contributed by atoms with van der Waals surface area (Å²) < 4.78 is 5.43. The average molecular weight is 387 g/mol. The summed E-state index contributed by atoms with van der Waals surface area (Å²) in [7, 11) is 0. The summed E-state index contributed by atoms with van der Waals surface area (Å²) in [5, 5.41) is 14.7. The largest absolute Gasteiger partial charge is 0.451 e. The Bertz CT molecular complexity index is 1160. The first-order chi connectivity index (χ1) is 13.2. The van der Waals surface area contributed by atoms with Gasteiger partial charge in [-0.3, -0.25) is 45.1 Å². The first-order valence-corrected chi connectivity index (χ1v) is 7.71. The molecule has 13 heteroatoms. The van der Waals surface area contributed by atoms with Crippen molar-refractivity contribution in [3.8, 4) is 5.88 Å². The van der Waals surface area contributed by atoms with E-state index in [1.165, 1.54) is 12.1 Å². The molecular weight excluding hydrogens is 378 g/mol. The number of aromatic nitrogens is 2. The molecule has 4 amide bonds. The number of ether oxygens (including phenoxy) is 1. The minimum absolute atomic E-state index is 0.140. The number of rotatable bonds is 2. The molecule has 4 rings (SSSR count). The van der Waals surface area contributed by atoms with Crippen molar-refractivity contribution in [1.29, 1.82) is 0 Å². The van der Waals surface area contributed by atoms with Gasteiger partial charge < -0.3 is 4.74 Å². The fourth-order valence-electron chi connectivity index (χ4n) is 3.31. The molecule has 1 spiro atoms. The number of fused-ring (bicyclic) bond motifs is 1. The number of amides is 4. The molecule has 1 saturated heterocycles. The van der Waals surface area contributed by atoms with E-state index in [1.807, 2.05) is 15.6 Å². The summed E-state index contributed by atoms with van der Waals surface area (Å²) in [6, 6.07) is 3.63. The van der Waals surface area contributed by atoms with Crippen molar-refractivity contribution < 1.29 is 24.0 Å². The van der Waals surface area contributed by atoms with Crippen LogP contribution in [-0.4, -0.2) is 38.3 Å². The van der Waals surface area contributed by atoms with Crippen LogP contribution >= 0.6 is 0 Å². The summed E-state index contributed by atoms with van der Waals surface area (Å²) in [5.74, 6) is -4.11. The Hall–Kier alpha value is -4.29. The molecule has 3 heterocycles. The van der Waals surface area contributed by atoms with Gasteiger partial charge in [-0.1, -0.05) is 12.1 Å². The zero-order chi connectivity index (χ0) is 20.2. The van der Waals surface area contributed by atoms with E-state index < -0.39 is 51.4 Å². The number of carbonyl (C=O) groups excluding carboxylic acids is 3. The maximum Gasteiger partial charge on any atom is 0.328 e. The predicted molar refractivity (Wildman–Crippen MR) is 87.7 cm³/mol. The molecule has 2 aliphatic rings. The van der Waals surface area contributed by atoms with E-state index in [0.29, 0.717) is 0 Å². The standard InChI is InChI=1S/C15H9N5O8/c21-9-7-8(5-1-3-6(4-2-5)20(26)27)15(28-10(7)17-13(24)16-9)11(22)18-14(25)19-12(15)23/h1-4,8H,(H2,16,17,21,24)(H2,18,19,22,23,25). The van der Waals surface area contributed by atoms with Crippen molar-refractivity contribution in [2.75, 3.05) is 0 Å². The molecule has 1 aromatic carbocycles. The average Bonchev–Trinajstić information content (AvgIpc) is 2.96. The van der Waals surface area contributed by atoms with Gasteiger partial charge in [0.05, 0.1) is 16.4 Å². The van der Waals surface area contributed by atoms with Crippen LogP contribution in [0.1, 0.15) is 17.0 Å². The number of nitro groups is 1. The fraction of sp³-hybridized carbons (Fsp3) is 0.133. The number of urea groups is 1. The number of nitro benzene ring substituents is 1. The number of hydrogen-bond donors (Lipinski definition) is 4.